The van der Waals surface area contributed by atoms with Gasteiger partial charge in [-0.25, -0.2) is 0 Å². The van der Waals surface area contributed by atoms with E-state index in [1.54, 1.807) is 18.9 Å². The quantitative estimate of drug-likeness (QED) is 0.784. The Kier molecular flexibility index (Phi) is 4.16. The summed E-state index contributed by atoms with van der Waals surface area (Å²) in [4.78, 5) is 14.0. The second-order valence-corrected chi connectivity index (χ2v) is 5.52. The third-order valence-electron chi connectivity index (χ3n) is 4.05. The van der Waals surface area contributed by atoms with Gasteiger partial charge in [0.1, 0.15) is 5.76 Å². The van der Waals surface area contributed by atoms with Crippen LogP contribution in [0.3, 0.4) is 0 Å². The van der Waals surface area contributed by atoms with Crippen molar-refractivity contribution in [3.63, 3.8) is 0 Å². The number of aromatic nitrogens is 2. The van der Waals surface area contributed by atoms with Crippen LogP contribution in [0.1, 0.15) is 21.8 Å². The van der Waals surface area contributed by atoms with Gasteiger partial charge < -0.3 is 19.1 Å². The van der Waals surface area contributed by atoms with Crippen LogP contribution < -0.4 is 0 Å². The van der Waals surface area contributed by atoms with Gasteiger partial charge >= 0.3 is 0 Å². The van der Waals surface area contributed by atoms with Crippen LogP contribution in [0, 0.1) is 6.92 Å². The van der Waals surface area contributed by atoms with Crippen molar-refractivity contribution in [3.05, 3.63) is 53.5 Å². The predicted molar refractivity (Wildman–Crippen MR) is 86.1 cm³/mol. The maximum atomic E-state index is 12.4. The van der Waals surface area contributed by atoms with Crippen LogP contribution >= 0.6 is 0 Å². The molecule has 0 spiro atoms. The Morgan fingerprint density at radius 1 is 1.35 bits per heavy atom. The molecular formula is C17H19N3O3. The van der Waals surface area contributed by atoms with Crippen LogP contribution in [0.5, 0.6) is 0 Å². The van der Waals surface area contributed by atoms with E-state index in [1.807, 2.05) is 18.3 Å². The van der Waals surface area contributed by atoms with E-state index in [2.05, 4.69) is 27.9 Å². The molecule has 1 N–H and O–H groups in total. The molecule has 6 heteroatoms. The second kappa shape index (κ2) is 6.26. The Morgan fingerprint density at radius 2 is 2.13 bits per heavy atom. The number of aliphatic hydroxyl groups excluding tert-OH is 1. The number of hydrogen-bond donors (Lipinski definition) is 1. The number of hydrogen-bond acceptors (Lipinski definition) is 4. The van der Waals surface area contributed by atoms with E-state index in [9.17, 15) is 9.90 Å². The Bertz CT molecular complexity index is 835. The molecule has 2 heterocycles. The highest BCUT2D eigenvalue weighted by atomic mass is 16.5. The number of amides is 1. The molecule has 0 atom stereocenters. The van der Waals surface area contributed by atoms with Crippen molar-refractivity contribution in [2.24, 2.45) is 0 Å². The number of benzene rings is 1. The summed E-state index contributed by atoms with van der Waals surface area (Å²) in [7, 11) is 1.72. The fourth-order valence-electron chi connectivity index (χ4n) is 2.62. The van der Waals surface area contributed by atoms with Crippen molar-refractivity contribution in [1.82, 2.24) is 14.6 Å². The Balaban J connectivity index is 1.71. The van der Waals surface area contributed by atoms with Crippen molar-refractivity contribution >= 4 is 16.8 Å². The van der Waals surface area contributed by atoms with Crippen molar-refractivity contribution in [3.8, 4) is 0 Å². The summed E-state index contributed by atoms with van der Waals surface area (Å²) in [6.45, 7) is 2.64. The van der Waals surface area contributed by atoms with E-state index in [1.165, 1.54) is 5.39 Å². The molecule has 0 aliphatic carbocycles. The fourth-order valence-corrected chi connectivity index (χ4v) is 2.62. The van der Waals surface area contributed by atoms with Gasteiger partial charge in [-0.2, -0.15) is 0 Å². The molecule has 0 fully saturated rings. The molecule has 0 unspecified atom stereocenters. The number of carbonyl (C=O) groups excluding carboxylic acids is 1. The normalized spacial score (nSPS) is 11.1. The monoisotopic (exact) mass is 313 g/mol. The van der Waals surface area contributed by atoms with Crippen molar-refractivity contribution in [2.45, 2.75) is 20.1 Å². The zero-order chi connectivity index (χ0) is 16.4. The van der Waals surface area contributed by atoms with E-state index in [-0.39, 0.29) is 18.2 Å². The van der Waals surface area contributed by atoms with Gasteiger partial charge in [0.2, 0.25) is 0 Å². The van der Waals surface area contributed by atoms with Gasteiger partial charge in [0.15, 0.2) is 5.69 Å². The number of para-hydroxylation sites is 1. The first-order valence-electron chi connectivity index (χ1n) is 7.47. The summed E-state index contributed by atoms with van der Waals surface area (Å²) in [6.07, 6.45) is 2.02. The zero-order valence-corrected chi connectivity index (χ0v) is 13.2. The van der Waals surface area contributed by atoms with Crippen LogP contribution in [0.25, 0.3) is 10.9 Å². The SMILES string of the molecule is Cc1onc(C(=O)N(C)CCn2ccc3ccccc32)c1CO. The van der Waals surface area contributed by atoms with E-state index in [0.29, 0.717) is 24.4 Å². The summed E-state index contributed by atoms with van der Waals surface area (Å²) < 4.78 is 7.11. The summed E-state index contributed by atoms with van der Waals surface area (Å²) >= 11 is 0. The highest BCUT2D eigenvalue weighted by molar-refractivity contribution is 5.93. The van der Waals surface area contributed by atoms with Gasteiger partial charge in [-0.3, -0.25) is 4.79 Å². The molecule has 2 aromatic heterocycles. The van der Waals surface area contributed by atoms with Gasteiger partial charge in [-0.15, -0.1) is 0 Å². The average molecular weight is 313 g/mol. The first-order chi connectivity index (χ1) is 11.1. The Morgan fingerprint density at radius 3 is 2.91 bits per heavy atom. The van der Waals surface area contributed by atoms with E-state index in [0.717, 1.165) is 5.52 Å². The van der Waals surface area contributed by atoms with Gasteiger partial charge in [0, 0.05) is 31.9 Å². The molecule has 3 rings (SSSR count). The van der Waals surface area contributed by atoms with Crippen LogP contribution in [0.2, 0.25) is 0 Å². The number of nitrogens with zero attached hydrogens (tertiary/aromatic N) is 3. The highest BCUT2D eigenvalue weighted by Gasteiger charge is 2.22. The number of likely N-dealkylation sites (N-methyl/N-ethyl adjacent to an activating group) is 1. The molecule has 0 aliphatic rings. The number of aryl methyl sites for hydroxylation is 1. The molecule has 0 bridgehead atoms. The van der Waals surface area contributed by atoms with E-state index >= 15 is 0 Å². The Hall–Kier alpha value is -2.60. The van der Waals surface area contributed by atoms with Crippen LogP contribution in [-0.4, -0.2) is 39.2 Å². The lowest BCUT2D eigenvalue weighted by atomic mass is 10.2. The maximum Gasteiger partial charge on any atom is 0.276 e. The van der Waals surface area contributed by atoms with E-state index < -0.39 is 0 Å². The smallest absolute Gasteiger partial charge is 0.276 e. The molecule has 0 radical (unpaired) electrons. The molecule has 120 valence electrons. The molecule has 1 aromatic carbocycles. The molecule has 0 aliphatic heterocycles. The second-order valence-electron chi connectivity index (χ2n) is 5.52. The van der Waals surface area contributed by atoms with E-state index in [4.69, 9.17) is 4.52 Å². The minimum absolute atomic E-state index is 0.185. The molecule has 23 heavy (non-hydrogen) atoms. The topological polar surface area (TPSA) is 71.5 Å². The van der Waals surface area contributed by atoms with Crippen molar-refractivity contribution < 1.29 is 14.4 Å². The van der Waals surface area contributed by atoms with Gasteiger partial charge in [0.05, 0.1) is 12.2 Å². The molecular weight excluding hydrogens is 294 g/mol. The lowest BCUT2D eigenvalue weighted by Gasteiger charge is -2.17. The number of carbonyl (C=O) groups is 1. The molecule has 3 aromatic rings. The van der Waals surface area contributed by atoms with Crippen LogP contribution in [0.15, 0.2) is 41.1 Å². The molecule has 6 nitrogen and oxygen atoms in total. The van der Waals surface area contributed by atoms with Crippen LogP contribution in [-0.2, 0) is 13.2 Å². The molecule has 0 saturated carbocycles. The largest absolute Gasteiger partial charge is 0.391 e. The lowest BCUT2D eigenvalue weighted by molar-refractivity contribution is 0.0777. The van der Waals surface area contributed by atoms with Crippen LogP contribution in [0.4, 0.5) is 0 Å². The summed E-state index contributed by atoms with van der Waals surface area (Å²) in [6, 6.07) is 10.2. The van der Waals surface area contributed by atoms with Gasteiger partial charge in [0.25, 0.3) is 5.91 Å². The minimum Gasteiger partial charge on any atom is -0.391 e. The number of aliphatic hydroxyl groups is 1. The third-order valence-corrected chi connectivity index (χ3v) is 4.05. The molecule has 0 saturated heterocycles. The number of rotatable bonds is 5. The summed E-state index contributed by atoms with van der Waals surface area (Å²) in [5.41, 5.74) is 1.78. The first kappa shape index (κ1) is 15.3. The average Bonchev–Trinajstić information content (AvgIpc) is 3.15. The van der Waals surface area contributed by atoms with Gasteiger partial charge in [-0.05, 0) is 24.4 Å². The van der Waals surface area contributed by atoms with Crippen molar-refractivity contribution in [1.29, 1.82) is 0 Å². The standard InChI is InChI=1S/C17H19N3O3/c1-12-14(11-21)16(18-23-12)17(22)19(2)9-10-20-8-7-13-5-3-4-6-15(13)20/h3-8,21H,9-11H2,1-2H3. The minimum atomic E-state index is -0.257. The summed E-state index contributed by atoms with van der Waals surface area (Å²) in [5.74, 6) is 0.225. The Labute approximate surface area is 133 Å². The third kappa shape index (κ3) is 2.85. The summed E-state index contributed by atoms with van der Waals surface area (Å²) in [5, 5.41) is 14.3. The molecule has 1 amide bonds. The highest BCUT2D eigenvalue weighted by Crippen LogP contribution is 2.17. The zero-order valence-electron chi connectivity index (χ0n) is 13.2. The van der Waals surface area contributed by atoms with Crippen molar-refractivity contribution in [2.75, 3.05) is 13.6 Å². The fraction of sp³-hybridized carbons (Fsp3) is 0.294. The van der Waals surface area contributed by atoms with Gasteiger partial charge in [-0.1, -0.05) is 23.4 Å². The first-order valence-corrected chi connectivity index (χ1v) is 7.47. The maximum absolute atomic E-state index is 12.4. The number of fused-ring (bicyclic) bond motifs is 1. The lowest BCUT2D eigenvalue weighted by Crippen LogP contribution is -2.31. The predicted octanol–water partition coefficient (Wildman–Crippen LogP) is 2.20.